The van der Waals surface area contributed by atoms with E-state index in [1.165, 1.54) is 24.3 Å². The van der Waals surface area contributed by atoms with Crippen LogP contribution < -0.4 is 4.90 Å². The molecule has 3 aliphatic heterocycles. The Bertz CT molecular complexity index is 1410. The zero-order valence-corrected chi connectivity index (χ0v) is 27.0. The van der Waals surface area contributed by atoms with Crippen molar-refractivity contribution in [2.24, 2.45) is 5.92 Å². The van der Waals surface area contributed by atoms with Crippen LogP contribution in [0, 0.1) is 5.92 Å². The Morgan fingerprint density at radius 3 is 2.34 bits per heavy atom. The number of aliphatic carboxylic acids is 1. The van der Waals surface area contributed by atoms with E-state index in [1.54, 1.807) is 30.2 Å². The molecule has 1 saturated carbocycles. The van der Waals surface area contributed by atoms with Crippen molar-refractivity contribution in [3.8, 4) is 5.75 Å². The first kappa shape index (κ1) is 33.6. The predicted molar refractivity (Wildman–Crippen MR) is 172 cm³/mol. The second kappa shape index (κ2) is 14.0. The minimum absolute atomic E-state index is 0.00420. The Labute approximate surface area is 274 Å². The molecule has 1 amide bonds. The average Bonchev–Trinajstić information content (AvgIpc) is 3.67. The van der Waals surface area contributed by atoms with Gasteiger partial charge >= 0.3 is 5.97 Å². The Kier molecular flexibility index (Phi) is 10.0. The quantitative estimate of drug-likeness (QED) is 0.337. The number of aromatic hydroxyl groups is 1. The first-order valence-electron chi connectivity index (χ1n) is 17.0. The van der Waals surface area contributed by atoms with Crippen LogP contribution >= 0.6 is 0 Å². The molecule has 0 radical (unpaired) electrons. The van der Waals surface area contributed by atoms with Crippen LogP contribution in [0.2, 0.25) is 0 Å². The maximum atomic E-state index is 17.7. The Balaban J connectivity index is 1.30. The van der Waals surface area contributed by atoms with Gasteiger partial charge in [0, 0.05) is 69.0 Å². The summed E-state index contributed by atoms with van der Waals surface area (Å²) in [4.78, 5) is 31.9. The van der Waals surface area contributed by atoms with E-state index >= 15 is 4.39 Å². The molecule has 1 unspecified atom stereocenters. The fourth-order valence-electron chi connectivity index (χ4n) is 8.53. The van der Waals surface area contributed by atoms with Gasteiger partial charge in [-0.2, -0.15) is 0 Å². The Morgan fingerprint density at radius 1 is 1.00 bits per heavy atom. The maximum Gasteiger partial charge on any atom is 0.306 e. The van der Waals surface area contributed by atoms with Crippen LogP contribution in [-0.2, 0) is 14.3 Å². The van der Waals surface area contributed by atoms with E-state index in [2.05, 4.69) is 4.90 Å². The average molecular weight is 658 g/mol. The molecule has 3 saturated heterocycles. The Morgan fingerprint density at radius 2 is 1.70 bits per heavy atom. The highest BCUT2D eigenvalue weighted by molar-refractivity contribution is 5.88. The third-order valence-electron chi connectivity index (χ3n) is 11.1. The van der Waals surface area contributed by atoms with Gasteiger partial charge in [-0.1, -0.05) is 43.5 Å². The summed E-state index contributed by atoms with van der Waals surface area (Å²) in [5, 5.41) is 19.4. The van der Waals surface area contributed by atoms with Crippen LogP contribution in [0.3, 0.4) is 0 Å². The summed E-state index contributed by atoms with van der Waals surface area (Å²) in [6.45, 7) is 1.68. The number of methoxy groups -OCH3 is 1. The van der Waals surface area contributed by atoms with Crippen LogP contribution in [0.5, 0.6) is 5.75 Å². The summed E-state index contributed by atoms with van der Waals surface area (Å²) in [5.74, 6) is -2.78. The van der Waals surface area contributed by atoms with E-state index in [1.807, 2.05) is 4.90 Å². The minimum Gasteiger partial charge on any atom is -0.508 e. The zero-order valence-electron chi connectivity index (χ0n) is 27.0. The van der Waals surface area contributed by atoms with Gasteiger partial charge in [0.25, 0.3) is 12.3 Å². The molecule has 6 rings (SSSR count). The van der Waals surface area contributed by atoms with Gasteiger partial charge in [0.05, 0.1) is 18.6 Å². The highest BCUT2D eigenvalue weighted by Gasteiger charge is 2.58. The van der Waals surface area contributed by atoms with Gasteiger partial charge in [-0.25, -0.2) is 13.2 Å². The summed E-state index contributed by atoms with van der Waals surface area (Å²) in [6.07, 6.45) is 3.93. The van der Waals surface area contributed by atoms with Crippen molar-refractivity contribution in [1.82, 2.24) is 9.80 Å². The van der Waals surface area contributed by atoms with E-state index in [0.717, 1.165) is 37.7 Å². The van der Waals surface area contributed by atoms with Crippen LogP contribution in [0.4, 0.5) is 18.9 Å². The minimum atomic E-state index is -2.67. The molecule has 4 atom stereocenters. The molecule has 2 N–H and O–H groups in total. The molecule has 11 heteroatoms. The van der Waals surface area contributed by atoms with E-state index in [-0.39, 0.29) is 43.0 Å². The summed E-state index contributed by atoms with van der Waals surface area (Å²) in [7, 11) is 1.55. The number of phenols is 1. The molecular weight excluding hydrogens is 611 g/mol. The van der Waals surface area contributed by atoms with Gasteiger partial charge in [0.15, 0.2) is 0 Å². The number of anilines is 1. The molecule has 4 fully saturated rings. The first-order chi connectivity index (χ1) is 22.6. The van der Waals surface area contributed by atoms with E-state index < -0.39 is 41.8 Å². The number of carbonyl (C=O) groups excluding carboxylic acids is 1. The molecule has 4 aliphatic rings. The number of alkyl halides is 3. The van der Waals surface area contributed by atoms with Crippen LogP contribution in [0.1, 0.15) is 86.3 Å². The second-order valence-corrected chi connectivity index (χ2v) is 13.9. The fourth-order valence-corrected chi connectivity index (χ4v) is 8.53. The number of carboxylic acids is 1. The van der Waals surface area contributed by atoms with Crippen LogP contribution in [0.15, 0.2) is 42.5 Å². The Hall–Kier alpha value is -3.31. The van der Waals surface area contributed by atoms with Crippen LogP contribution in [0.25, 0.3) is 0 Å². The van der Waals surface area contributed by atoms with E-state index in [4.69, 9.17) is 4.74 Å². The number of nitrogens with zero attached hydrogens (tertiary/aromatic N) is 3. The van der Waals surface area contributed by atoms with Crippen molar-refractivity contribution in [2.45, 2.75) is 87.4 Å². The molecule has 0 aromatic heterocycles. The molecule has 2 aromatic carbocycles. The number of likely N-dealkylation sites (tertiary alicyclic amines) is 2. The normalized spacial score (nSPS) is 28.0. The third kappa shape index (κ3) is 6.84. The van der Waals surface area contributed by atoms with Gasteiger partial charge in [-0.05, 0) is 61.4 Å². The monoisotopic (exact) mass is 657 g/mol. The van der Waals surface area contributed by atoms with Crippen molar-refractivity contribution in [3.63, 3.8) is 0 Å². The van der Waals surface area contributed by atoms with Gasteiger partial charge in [0.2, 0.25) is 5.67 Å². The highest BCUT2D eigenvalue weighted by Crippen LogP contribution is 2.46. The van der Waals surface area contributed by atoms with Gasteiger partial charge < -0.3 is 24.7 Å². The smallest absolute Gasteiger partial charge is 0.306 e. The molecule has 0 bridgehead atoms. The number of rotatable bonds is 9. The second-order valence-electron chi connectivity index (χ2n) is 13.9. The predicted octanol–water partition coefficient (Wildman–Crippen LogP) is 6.10. The number of benzene rings is 2. The van der Waals surface area contributed by atoms with Gasteiger partial charge in [-0.3, -0.25) is 14.5 Å². The lowest BCUT2D eigenvalue weighted by Gasteiger charge is -2.35. The number of halogens is 3. The van der Waals surface area contributed by atoms with Crippen molar-refractivity contribution in [1.29, 1.82) is 0 Å². The number of ether oxygens (including phenoxy) is 1. The maximum absolute atomic E-state index is 17.7. The van der Waals surface area contributed by atoms with Gasteiger partial charge in [-0.15, -0.1) is 0 Å². The summed E-state index contributed by atoms with van der Waals surface area (Å²) in [6, 6.07) is 10.9. The third-order valence-corrected chi connectivity index (χ3v) is 11.1. The fraction of sp³-hybridized carbons (Fsp3) is 0.611. The number of hydrogen-bond donors (Lipinski definition) is 2. The molecule has 0 spiro atoms. The number of hydrogen-bond acceptors (Lipinski definition) is 6. The lowest BCUT2D eigenvalue weighted by molar-refractivity contribution is -0.146. The summed E-state index contributed by atoms with van der Waals surface area (Å²) >= 11 is 0. The largest absolute Gasteiger partial charge is 0.508 e. The molecule has 1 aliphatic carbocycles. The van der Waals surface area contributed by atoms with Crippen molar-refractivity contribution < 1.29 is 37.7 Å². The van der Waals surface area contributed by atoms with E-state index in [9.17, 15) is 28.6 Å². The standard InChI is InChI=1S/C36H46F3N3O5/c1-47-21-28-17-26(30-12-9-25(33(37)38)18-32(30)40-15-13-24(14-16-40)34(44)45)19-42(28)35(46)36(39)22-41(27-5-3-2-4-6-27)20-31(36)23-7-10-29(43)11-8-23/h7-12,18,24,26-28,31,33,43H,2-6,13-17,19-22H2,1H3,(H,44,45)/t26?,28-,31-,36-/m0/s1. The number of phenolic OH excluding ortho intramolecular Hbond substituents is 1. The van der Waals surface area contributed by atoms with Gasteiger partial charge in [0.1, 0.15) is 5.75 Å². The SMILES string of the molecule is COC[C@@H]1CC(c2ccc(C(F)F)cc2N2CCC(C(=O)O)CC2)CN1C(=O)[C@]1(F)CN(C2CCCCC2)C[C@H]1c1ccc(O)cc1. The molecular formula is C36H46F3N3O5. The number of amides is 1. The number of carbonyl (C=O) groups is 2. The van der Waals surface area contributed by atoms with Crippen molar-refractivity contribution in [2.75, 3.05) is 51.3 Å². The zero-order chi connectivity index (χ0) is 33.3. The van der Waals surface area contributed by atoms with E-state index in [0.29, 0.717) is 50.1 Å². The van der Waals surface area contributed by atoms with Crippen molar-refractivity contribution >= 4 is 17.6 Å². The topological polar surface area (TPSA) is 93.5 Å². The highest BCUT2D eigenvalue weighted by atomic mass is 19.3. The lowest BCUT2D eigenvalue weighted by atomic mass is 9.85. The summed E-state index contributed by atoms with van der Waals surface area (Å²) in [5.41, 5.74) is -0.209. The molecule has 47 heavy (non-hydrogen) atoms. The number of carboxylic acid groups (broad SMARTS) is 1. The first-order valence-corrected chi connectivity index (χ1v) is 17.0. The molecule has 2 aromatic rings. The molecule has 3 heterocycles. The van der Waals surface area contributed by atoms with Crippen LogP contribution in [-0.4, -0.2) is 96.1 Å². The molecule has 256 valence electrons. The lowest BCUT2D eigenvalue weighted by Crippen LogP contribution is -2.53. The number of piperidine rings is 1. The summed E-state index contributed by atoms with van der Waals surface area (Å²) < 4.78 is 51.0. The molecule has 8 nitrogen and oxygen atoms in total. The van der Waals surface area contributed by atoms with Crippen molar-refractivity contribution in [3.05, 3.63) is 59.2 Å².